The summed E-state index contributed by atoms with van der Waals surface area (Å²) in [6.45, 7) is 0. The van der Waals surface area contributed by atoms with E-state index in [1.54, 1.807) is 0 Å². The van der Waals surface area contributed by atoms with Gasteiger partial charge in [0.1, 0.15) is 3.70 Å². The standard InChI is InChI=1S/C10H6I2N2/c11-8-4-7(5-13-6-8)9-2-1-3-10(12)14-9/h1-6H. The van der Waals surface area contributed by atoms with E-state index in [0.29, 0.717) is 0 Å². The van der Waals surface area contributed by atoms with Crippen LogP contribution in [0.1, 0.15) is 0 Å². The van der Waals surface area contributed by atoms with Crippen LogP contribution in [0.4, 0.5) is 0 Å². The average Bonchev–Trinajstić information content (AvgIpc) is 2.18. The zero-order valence-electron chi connectivity index (χ0n) is 7.11. The van der Waals surface area contributed by atoms with E-state index >= 15 is 0 Å². The second-order valence-corrected chi connectivity index (χ2v) is 5.09. The van der Waals surface area contributed by atoms with Gasteiger partial charge < -0.3 is 0 Å². The maximum absolute atomic E-state index is 4.43. The van der Waals surface area contributed by atoms with Gasteiger partial charge in [-0.05, 0) is 63.4 Å². The van der Waals surface area contributed by atoms with Crippen molar-refractivity contribution in [3.63, 3.8) is 0 Å². The van der Waals surface area contributed by atoms with Crippen molar-refractivity contribution in [2.75, 3.05) is 0 Å². The Bertz CT molecular complexity index is 414. The first-order valence-electron chi connectivity index (χ1n) is 3.99. The summed E-state index contributed by atoms with van der Waals surface area (Å²) in [5.74, 6) is 0. The molecule has 2 rings (SSSR count). The van der Waals surface area contributed by atoms with Crippen LogP contribution in [0, 0.1) is 7.27 Å². The molecule has 0 N–H and O–H groups in total. The highest BCUT2D eigenvalue weighted by Gasteiger charge is 2.00. The minimum atomic E-state index is 0.975. The third kappa shape index (κ3) is 2.41. The van der Waals surface area contributed by atoms with Gasteiger partial charge in [-0.25, -0.2) is 4.98 Å². The van der Waals surface area contributed by atoms with Crippen molar-refractivity contribution in [3.8, 4) is 11.3 Å². The van der Waals surface area contributed by atoms with Gasteiger partial charge in [-0.3, -0.25) is 4.98 Å². The quantitative estimate of drug-likeness (QED) is 0.535. The predicted octanol–water partition coefficient (Wildman–Crippen LogP) is 3.35. The summed E-state index contributed by atoms with van der Waals surface area (Å²) in [6.07, 6.45) is 3.67. The topological polar surface area (TPSA) is 25.8 Å². The smallest absolute Gasteiger partial charge is 0.102 e. The van der Waals surface area contributed by atoms with Gasteiger partial charge in [0.05, 0.1) is 5.69 Å². The van der Waals surface area contributed by atoms with Gasteiger partial charge in [-0.2, -0.15) is 0 Å². The van der Waals surface area contributed by atoms with Crippen molar-refractivity contribution in [1.82, 2.24) is 9.97 Å². The van der Waals surface area contributed by atoms with E-state index in [2.05, 4.69) is 61.2 Å². The molecule has 0 aliphatic carbocycles. The molecule has 0 unspecified atom stereocenters. The number of hydrogen-bond donors (Lipinski definition) is 0. The molecule has 2 aromatic heterocycles. The molecule has 0 saturated carbocycles. The first-order chi connectivity index (χ1) is 6.75. The van der Waals surface area contributed by atoms with Crippen LogP contribution >= 0.6 is 45.2 Å². The summed E-state index contributed by atoms with van der Waals surface area (Å²) in [5.41, 5.74) is 2.04. The zero-order valence-corrected chi connectivity index (χ0v) is 11.4. The normalized spacial score (nSPS) is 10.1. The predicted molar refractivity (Wildman–Crippen MR) is 72.9 cm³/mol. The van der Waals surface area contributed by atoms with Crippen LogP contribution in [0.3, 0.4) is 0 Å². The average molecular weight is 408 g/mol. The lowest BCUT2D eigenvalue weighted by molar-refractivity contribution is 1.24. The summed E-state index contributed by atoms with van der Waals surface area (Å²) < 4.78 is 2.12. The monoisotopic (exact) mass is 408 g/mol. The summed E-state index contributed by atoms with van der Waals surface area (Å²) in [6, 6.07) is 8.05. The number of nitrogens with zero attached hydrogens (tertiary/aromatic N) is 2. The lowest BCUT2D eigenvalue weighted by Gasteiger charge is -2.00. The Morgan fingerprint density at radius 2 is 1.93 bits per heavy atom. The third-order valence-electron chi connectivity index (χ3n) is 1.72. The number of hydrogen-bond acceptors (Lipinski definition) is 2. The molecule has 14 heavy (non-hydrogen) atoms. The molecule has 0 aliphatic rings. The Kier molecular flexibility index (Phi) is 3.32. The maximum atomic E-state index is 4.43. The summed E-state index contributed by atoms with van der Waals surface area (Å²) >= 11 is 4.46. The Morgan fingerprint density at radius 3 is 2.64 bits per heavy atom. The van der Waals surface area contributed by atoms with Gasteiger partial charge in [0.15, 0.2) is 0 Å². The highest BCUT2D eigenvalue weighted by atomic mass is 127. The minimum absolute atomic E-state index is 0.975. The van der Waals surface area contributed by atoms with Crippen LogP contribution in [0.5, 0.6) is 0 Å². The van der Waals surface area contributed by atoms with Crippen molar-refractivity contribution < 1.29 is 0 Å². The molecule has 0 aliphatic heterocycles. The molecule has 2 heterocycles. The van der Waals surface area contributed by atoms with Crippen molar-refractivity contribution >= 4 is 45.2 Å². The first kappa shape index (κ1) is 10.3. The lowest BCUT2D eigenvalue weighted by Crippen LogP contribution is -1.87. The van der Waals surface area contributed by atoms with Crippen molar-refractivity contribution in [2.45, 2.75) is 0 Å². The lowest BCUT2D eigenvalue weighted by atomic mass is 10.2. The van der Waals surface area contributed by atoms with Gasteiger partial charge in [0.2, 0.25) is 0 Å². The number of pyridine rings is 2. The molecule has 0 radical (unpaired) electrons. The molecule has 0 fully saturated rings. The zero-order chi connectivity index (χ0) is 9.97. The number of aromatic nitrogens is 2. The molecule has 2 aromatic rings. The fraction of sp³-hybridized carbons (Fsp3) is 0. The van der Waals surface area contributed by atoms with Crippen LogP contribution in [-0.4, -0.2) is 9.97 Å². The van der Waals surface area contributed by atoms with Crippen molar-refractivity contribution in [2.24, 2.45) is 0 Å². The molecular weight excluding hydrogens is 402 g/mol. The Balaban J connectivity index is 2.49. The fourth-order valence-corrected chi connectivity index (χ4v) is 2.08. The van der Waals surface area contributed by atoms with Crippen LogP contribution in [0.2, 0.25) is 0 Å². The van der Waals surface area contributed by atoms with E-state index in [-0.39, 0.29) is 0 Å². The van der Waals surface area contributed by atoms with E-state index < -0.39 is 0 Å². The summed E-state index contributed by atoms with van der Waals surface area (Å²) in [5, 5.41) is 0. The highest BCUT2D eigenvalue weighted by Crippen LogP contribution is 2.18. The van der Waals surface area contributed by atoms with Crippen LogP contribution in [0.25, 0.3) is 11.3 Å². The van der Waals surface area contributed by atoms with Crippen LogP contribution in [0.15, 0.2) is 36.7 Å². The van der Waals surface area contributed by atoms with E-state index in [4.69, 9.17) is 0 Å². The summed E-state index contributed by atoms with van der Waals surface area (Å²) in [7, 11) is 0. The maximum Gasteiger partial charge on any atom is 0.102 e. The van der Waals surface area contributed by atoms with Gasteiger partial charge in [-0.15, -0.1) is 0 Å². The van der Waals surface area contributed by atoms with Gasteiger partial charge in [0, 0.05) is 21.5 Å². The molecule has 4 heteroatoms. The third-order valence-corrected chi connectivity index (χ3v) is 2.91. The van der Waals surface area contributed by atoms with Gasteiger partial charge in [0.25, 0.3) is 0 Å². The molecule has 0 aromatic carbocycles. The van der Waals surface area contributed by atoms with Crippen molar-refractivity contribution in [1.29, 1.82) is 0 Å². The SMILES string of the molecule is Ic1cncc(-c2cccc(I)n2)c1. The van der Waals surface area contributed by atoms with E-state index in [0.717, 1.165) is 18.5 Å². The second-order valence-electron chi connectivity index (χ2n) is 2.74. The molecule has 0 saturated heterocycles. The molecule has 0 atom stereocenters. The molecule has 0 spiro atoms. The van der Waals surface area contributed by atoms with Gasteiger partial charge in [-0.1, -0.05) is 6.07 Å². The minimum Gasteiger partial charge on any atom is -0.263 e. The van der Waals surface area contributed by atoms with Crippen LogP contribution in [-0.2, 0) is 0 Å². The van der Waals surface area contributed by atoms with Crippen LogP contribution < -0.4 is 0 Å². The van der Waals surface area contributed by atoms with Gasteiger partial charge >= 0.3 is 0 Å². The molecule has 70 valence electrons. The Hall–Kier alpha value is -0.240. The Labute approximate surface area is 109 Å². The molecular formula is C10H6I2N2. The van der Waals surface area contributed by atoms with Crippen molar-refractivity contribution in [3.05, 3.63) is 43.9 Å². The first-order valence-corrected chi connectivity index (χ1v) is 6.15. The van der Waals surface area contributed by atoms with E-state index in [1.165, 1.54) is 0 Å². The number of halogens is 2. The second kappa shape index (κ2) is 4.52. The molecule has 2 nitrogen and oxygen atoms in total. The van der Waals surface area contributed by atoms with E-state index in [9.17, 15) is 0 Å². The number of rotatable bonds is 1. The largest absolute Gasteiger partial charge is 0.263 e. The summed E-state index contributed by atoms with van der Waals surface area (Å²) in [4.78, 5) is 8.57. The van der Waals surface area contributed by atoms with E-state index in [1.807, 2.05) is 30.6 Å². The fourth-order valence-electron chi connectivity index (χ4n) is 1.12. The molecule has 0 bridgehead atoms. The molecule has 0 amide bonds. The highest BCUT2D eigenvalue weighted by molar-refractivity contribution is 14.1. The Morgan fingerprint density at radius 1 is 1.07 bits per heavy atom.